The van der Waals surface area contributed by atoms with Gasteiger partial charge in [-0.2, -0.15) is 0 Å². The lowest BCUT2D eigenvalue weighted by Gasteiger charge is -2.31. The van der Waals surface area contributed by atoms with E-state index in [0.29, 0.717) is 6.04 Å². The highest BCUT2D eigenvalue weighted by molar-refractivity contribution is 5.29. The zero-order valence-corrected chi connectivity index (χ0v) is 13.9. The lowest BCUT2D eigenvalue weighted by molar-refractivity contribution is 0.224. The van der Waals surface area contributed by atoms with E-state index in [2.05, 4.69) is 57.2 Å². The van der Waals surface area contributed by atoms with Crippen LogP contribution < -0.4 is 10.1 Å². The van der Waals surface area contributed by atoms with E-state index in [0.717, 1.165) is 25.3 Å². The van der Waals surface area contributed by atoms with Crippen molar-refractivity contribution in [2.24, 2.45) is 5.41 Å². The molecule has 0 saturated carbocycles. The molecule has 0 aliphatic carbocycles. The van der Waals surface area contributed by atoms with Gasteiger partial charge in [-0.3, -0.25) is 0 Å². The molecular formula is C17H30N2O. The number of hydrogen-bond acceptors (Lipinski definition) is 3. The summed E-state index contributed by atoms with van der Waals surface area (Å²) in [6.07, 6.45) is 1.09. The predicted octanol–water partition coefficient (Wildman–Crippen LogP) is 3.32. The van der Waals surface area contributed by atoms with E-state index in [1.165, 1.54) is 5.56 Å². The first-order valence-corrected chi connectivity index (χ1v) is 7.40. The van der Waals surface area contributed by atoms with Crippen molar-refractivity contribution >= 4 is 0 Å². The van der Waals surface area contributed by atoms with Crippen LogP contribution in [0.2, 0.25) is 0 Å². The van der Waals surface area contributed by atoms with Crippen molar-refractivity contribution in [1.82, 2.24) is 10.2 Å². The minimum Gasteiger partial charge on any atom is -0.497 e. The molecule has 1 aromatic rings. The zero-order chi connectivity index (χ0) is 15.2. The van der Waals surface area contributed by atoms with Gasteiger partial charge in [0.15, 0.2) is 0 Å². The number of hydrogen-bond donors (Lipinski definition) is 1. The first kappa shape index (κ1) is 17.0. The van der Waals surface area contributed by atoms with Gasteiger partial charge in [0.25, 0.3) is 0 Å². The molecule has 0 amide bonds. The third-order valence-electron chi connectivity index (χ3n) is 3.50. The molecule has 0 heterocycles. The third-order valence-corrected chi connectivity index (χ3v) is 3.50. The number of nitrogens with one attached hydrogen (secondary N) is 1. The Morgan fingerprint density at radius 3 is 2.25 bits per heavy atom. The van der Waals surface area contributed by atoms with E-state index in [1.54, 1.807) is 7.11 Å². The molecular weight excluding hydrogens is 248 g/mol. The Kier molecular flexibility index (Phi) is 6.50. The van der Waals surface area contributed by atoms with Crippen molar-refractivity contribution in [1.29, 1.82) is 0 Å². The van der Waals surface area contributed by atoms with Gasteiger partial charge in [0.05, 0.1) is 7.11 Å². The van der Waals surface area contributed by atoms with E-state index in [4.69, 9.17) is 4.74 Å². The maximum absolute atomic E-state index is 5.21. The Hall–Kier alpha value is -1.06. The second-order valence-corrected chi connectivity index (χ2v) is 6.52. The Morgan fingerprint density at radius 1 is 1.20 bits per heavy atom. The molecule has 3 nitrogen and oxygen atoms in total. The predicted molar refractivity (Wildman–Crippen MR) is 86.4 cm³/mol. The summed E-state index contributed by atoms with van der Waals surface area (Å²) in [5.74, 6) is 0.913. The van der Waals surface area contributed by atoms with Crippen molar-refractivity contribution in [2.75, 3.05) is 34.3 Å². The van der Waals surface area contributed by atoms with Crippen molar-refractivity contribution in [2.45, 2.75) is 33.2 Å². The minimum absolute atomic E-state index is 0.267. The maximum Gasteiger partial charge on any atom is 0.118 e. The number of ether oxygens (including phenoxy) is 1. The highest BCUT2D eigenvalue weighted by Gasteiger charge is 2.20. The molecule has 0 fully saturated rings. The van der Waals surface area contributed by atoms with E-state index >= 15 is 0 Å². The normalized spacial score (nSPS) is 13.6. The topological polar surface area (TPSA) is 24.5 Å². The van der Waals surface area contributed by atoms with Gasteiger partial charge < -0.3 is 15.0 Å². The highest BCUT2D eigenvalue weighted by Crippen LogP contribution is 2.22. The van der Waals surface area contributed by atoms with Gasteiger partial charge in [-0.1, -0.05) is 32.9 Å². The molecule has 1 aromatic carbocycles. The molecule has 114 valence electrons. The van der Waals surface area contributed by atoms with Crippen LogP contribution in [0.15, 0.2) is 24.3 Å². The van der Waals surface area contributed by atoms with Gasteiger partial charge in [-0.15, -0.1) is 0 Å². The van der Waals surface area contributed by atoms with Crippen LogP contribution >= 0.6 is 0 Å². The summed E-state index contributed by atoms with van der Waals surface area (Å²) in [6.45, 7) is 8.93. The number of benzene rings is 1. The molecule has 20 heavy (non-hydrogen) atoms. The van der Waals surface area contributed by atoms with Crippen LogP contribution in [-0.4, -0.2) is 39.2 Å². The number of methoxy groups -OCH3 is 1. The van der Waals surface area contributed by atoms with Crippen molar-refractivity contribution in [3.05, 3.63) is 29.8 Å². The van der Waals surface area contributed by atoms with Gasteiger partial charge in [0.1, 0.15) is 5.75 Å². The van der Waals surface area contributed by atoms with Crippen LogP contribution in [0, 0.1) is 5.41 Å². The van der Waals surface area contributed by atoms with Gasteiger partial charge in [0, 0.05) is 19.1 Å². The summed E-state index contributed by atoms with van der Waals surface area (Å²) in [6, 6.07) is 8.77. The van der Waals surface area contributed by atoms with Crippen LogP contribution in [0.1, 0.15) is 38.8 Å². The van der Waals surface area contributed by atoms with Crippen LogP contribution in [0.3, 0.4) is 0 Å². The Bertz CT molecular complexity index is 384. The minimum atomic E-state index is 0.267. The van der Waals surface area contributed by atoms with E-state index in [9.17, 15) is 0 Å². The van der Waals surface area contributed by atoms with Crippen LogP contribution in [-0.2, 0) is 0 Å². The molecule has 0 bridgehead atoms. The molecule has 0 aliphatic rings. The van der Waals surface area contributed by atoms with Gasteiger partial charge in [-0.25, -0.2) is 0 Å². The molecule has 1 unspecified atom stereocenters. The largest absolute Gasteiger partial charge is 0.497 e. The number of rotatable bonds is 8. The standard InChI is InChI=1S/C17H30N2O/c1-7-16(14-8-10-15(20-6)11-9-14)18-12-17(2,3)13-19(4)5/h8-11,16,18H,7,12-13H2,1-6H3. The average Bonchev–Trinajstić information content (AvgIpc) is 2.38. The van der Waals surface area contributed by atoms with Gasteiger partial charge in [-0.05, 0) is 43.6 Å². The first-order valence-electron chi connectivity index (χ1n) is 7.40. The van der Waals surface area contributed by atoms with Crippen molar-refractivity contribution in [3.63, 3.8) is 0 Å². The average molecular weight is 278 g/mol. The third kappa shape index (κ3) is 5.51. The molecule has 1 N–H and O–H groups in total. The Morgan fingerprint density at radius 2 is 1.80 bits per heavy atom. The molecule has 0 aromatic heterocycles. The van der Waals surface area contributed by atoms with E-state index in [1.807, 2.05) is 12.1 Å². The fourth-order valence-electron chi connectivity index (χ4n) is 2.65. The fourth-order valence-corrected chi connectivity index (χ4v) is 2.65. The van der Waals surface area contributed by atoms with E-state index < -0.39 is 0 Å². The van der Waals surface area contributed by atoms with Crippen LogP contribution in [0.4, 0.5) is 0 Å². The zero-order valence-electron chi connectivity index (χ0n) is 13.9. The second-order valence-electron chi connectivity index (χ2n) is 6.52. The lowest BCUT2D eigenvalue weighted by atomic mass is 9.92. The monoisotopic (exact) mass is 278 g/mol. The Balaban J connectivity index is 2.62. The maximum atomic E-state index is 5.21. The summed E-state index contributed by atoms with van der Waals surface area (Å²) in [5.41, 5.74) is 1.59. The van der Waals surface area contributed by atoms with Crippen molar-refractivity contribution < 1.29 is 4.74 Å². The summed E-state index contributed by atoms with van der Waals surface area (Å²) in [5, 5.41) is 3.70. The highest BCUT2D eigenvalue weighted by atomic mass is 16.5. The smallest absolute Gasteiger partial charge is 0.118 e. The molecule has 0 radical (unpaired) electrons. The van der Waals surface area contributed by atoms with Gasteiger partial charge >= 0.3 is 0 Å². The fraction of sp³-hybridized carbons (Fsp3) is 0.647. The summed E-state index contributed by atoms with van der Waals surface area (Å²) >= 11 is 0. The summed E-state index contributed by atoms with van der Waals surface area (Å²) in [7, 11) is 5.96. The lowest BCUT2D eigenvalue weighted by Crippen LogP contribution is -2.38. The van der Waals surface area contributed by atoms with Crippen molar-refractivity contribution in [3.8, 4) is 5.75 Å². The first-order chi connectivity index (χ1) is 9.38. The molecule has 0 saturated heterocycles. The molecule has 1 rings (SSSR count). The quantitative estimate of drug-likeness (QED) is 0.789. The van der Waals surface area contributed by atoms with Crippen LogP contribution in [0.25, 0.3) is 0 Å². The molecule has 3 heteroatoms. The molecule has 0 spiro atoms. The molecule has 1 atom stereocenters. The molecule has 0 aliphatic heterocycles. The van der Waals surface area contributed by atoms with E-state index in [-0.39, 0.29) is 5.41 Å². The summed E-state index contributed by atoms with van der Waals surface area (Å²) < 4.78 is 5.21. The number of nitrogens with zero attached hydrogens (tertiary/aromatic N) is 1. The van der Waals surface area contributed by atoms with Crippen LogP contribution in [0.5, 0.6) is 5.75 Å². The summed E-state index contributed by atoms with van der Waals surface area (Å²) in [4.78, 5) is 2.25. The second kappa shape index (κ2) is 7.65. The van der Waals surface area contributed by atoms with Gasteiger partial charge in [0.2, 0.25) is 0 Å². The SMILES string of the molecule is CCC(NCC(C)(C)CN(C)C)c1ccc(OC)cc1. The Labute approximate surface area is 124 Å².